The second kappa shape index (κ2) is 6.14. The molecule has 0 aromatic heterocycles. The molecule has 0 aliphatic carbocycles. The summed E-state index contributed by atoms with van der Waals surface area (Å²) in [6, 6.07) is -0.121. The van der Waals surface area contributed by atoms with Gasteiger partial charge in [0.05, 0.1) is 13.2 Å². The van der Waals surface area contributed by atoms with Gasteiger partial charge < -0.3 is 9.64 Å². The van der Waals surface area contributed by atoms with Crippen molar-refractivity contribution in [2.45, 2.75) is 6.04 Å². The van der Waals surface area contributed by atoms with Gasteiger partial charge in [-0.3, -0.25) is 15.0 Å². The summed E-state index contributed by atoms with van der Waals surface area (Å²) >= 11 is 0. The Kier molecular flexibility index (Phi) is 4.53. The summed E-state index contributed by atoms with van der Waals surface area (Å²) in [7, 11) is 1.87. The lowest BCUT2D eigenvalue weighted by Gasteiger charge is -2.29. The molecule has 1 fully saturated rings. The van der Waals surface area contributed by atoms with Crippen LogP contribution in [0.2, 0.25) is 0 Å². The summed E-state index contributed by atoms with van der Waals surface area (Å²) in [6.07, 6.45) is 3.94. The Morgan fingerprint density at radius 3 is 2.94 bits per heavy atom. The van der Waals surface area contributed by atoms with E-state index in [-0.39, 0.29) is 11.9 Å². The number of carbonyl (C=O) groups is 1. The van der Waals surface area contributed by atoms with Crippen LogP contribution in [0.4, 0.5) is 0 Å². The zero-order valence-electron chi connectivity index (χ0n) is 10.4. The topological polar surface area (TPSA) is 44.8 Å². The standard InChI is InChI=1S/C12H21N3O2/c1-14(12(16)11-3-2-4-13-11)5-6-15-7-9-17-10-8-15/h2-3,11,13H,4-10H2,1H3. The minimum absolute atomic E-state index is 0.121. The first-order chi connectivity index (χ1) is 8.27. The van der Waals surface area contributed by atoms with Gasteiger partial charge in [-0.05, 0) is 0 Å². The highest BCUT2D eigenvalue weighted by molar-refractivity contribution is 5.84. The Bertz CT molecular complexity index is 287. The highest BCUT2D eigenvalue weighted by atomic mass is 16.5. The quantitative estimate of drug-likeness (QED) is 0.659. The van der Waals surface area contributed by atoms with E-state index in [2.05, 4.69) is 10.2 Å². The third-order valence-electron chi connectivity index (χ3n) is 3.28. The molecule has 1 N–H and O–H groups in total. The van der Waals surface area contributed by atoms with Crippen LogP contribution in [0.5, 0.6) is 0 Å². The average Bonchev–Trinajstić information content (AvgIpc) is 2.90. The molecular weight excluding hydrogens is 218 g/mol. The van der Waals surface area contributed by atoms with Gasteiger partial charge in [0.2, 0.25) is 5.91 Å². The molecule has 96 valence electrons. The third kappa shape index (κ3) is 3.52. The molecule has 5 nitrogen and oxygen atoms in total. The number of amides is 1. The molecule has 1 unspecified atom stereocenters. The van der Waals surface area contributed by atoms with Gasteiger partial charge in [0.1, 0.15) is 6.04 Å². The SMILES string of the molecule is CN(CCN1CCOCC1)C(=O)C1C=CCN1. The first-order valence-electron chi connectivity index (χ1n) is 6.22. The number of carbonyl (C=O) groups excluding carboxylic acids is 1. The zero-order valence-corrected chi connectivity index (χ0v) is 10.4. The third-order valence-corrected chi connectivity index (χ3v) is 3.28. The van der Waals surface area contributed by atoms with E-state index in [9.17, 15) is 4.79 Å². The van der Waals surface area contributed by atoms with Gasteiger partial charge in [0.25, 0.3) is 0 Å². The maximum absolute atomic E-state index is 12.0. The highest BCUT2D eigenvalue weighted by Gasteiger charge is 2.21. The summed E-state index contributed by atoms with van der Waals surface area (Å²) in [5, 5.41) is 3.14. The molecule has 5 heteroatoms. The molecular formula is C12H21N3O2. The Morgan fingerprint density at radius 1 is 1.53 bits per heavy atom. The van der Waals surface area contributed by atoms with Crippen molar-refractivity contribution in [3.8, 4) is 0 Å². The molecule has 0 bridgehead atoms. The minimum atomic E-state index is -0.121. The van der Waals surface area contributed by atoms with Gasteiger partial charge in [0, 0.05) is 39.8 Å². The fourth-order valence-electron chi connectivity index (χ4n) is 2.10. The number of nitrogens with zero attached hydrogens (tertiary/aromatic N) is 2. The van der Waals surface area contributed by atoms with Gasteiger partial charge >= 0.3 is 0 Å². The summed E-state index contributed by atoms with van der Waals surface area (Å²) in [6.45, 7) is 6.09. The lowest BCUT2D eigenvalue weighted by atomic mass is 10.2. The van der Waals surface area contributed by atoms with Gasteiger partial charge in [-0.1, -0.05) is 12.2 Å². The maximum atomic E-state index is 12.0. The molecule has 0 spiro atoms. The van der Waals surface area contributed by atoms with Crippen molar-refractivity contribution in [3.63, 3.8) is 0 Å². The van der Waals surface area contributed by atoms with E-state index in [0.29, 0.717) is 0 Å². The van der Waals surface area contributed by atoms with E-state index in [0.717, 1.165) is 45.9 Å². The smallest absolute Gasteiger partial charge is 0.243 e. The lowest BCUT2D eigenvalue weighted by molar-refractivity contribution is -0.131. The second-order valence-corrected chi connectivity index (χ2v) is 4.53. The number of nitrogens with one attached hydrogen (secondary N) is 1. The number of ether oxygens (including phenoxy) is 1. The molecule has 2 aliphatic rings. The predicted molar refractivity (Wildman–Crippen MR) is 65.8 cm³/mol. The molecule has 0 radical (unpaired) electrons. The molecule has 0 aromatic rings. The molecule has 1 atom stereocenters. The fourth-order valence-corrected chi connectivity index (χ4v) is 2.10. The summed E-state index contributed by atoms with van der Waals surface area (Å²) in [5.41, 5.74) is 0. The number of hydrogen-bond acceptors (Lipinski definition) is 4. The molecule has 17 heavy (non-hydrogen) atoms. The highest BCUT2D eigenvalue weighted by Crippen LogP contribution is 2.01. The second-order valence-electron chi connectivity index (χ2n) is 4.53. The van der Waals surface area contributed by atoms with Gasteiger partial charge in [-0.15, -0.1) is 0 Å². The molecule has 1 saturated heterocycles. The van der Waals surface area contributed by atoms with E-state index in [1.807, 2.05) is 24.1 Å². The summed E-state index contributed by atoms with van der Waals surface area (Å²) in [4.78, 5) is 16.1. The van der Waals surface area contributed by atoms with Crippen molar-refractivity contribution >= 4 is 5.91 Å². The van der Waals surface area contributed by atoms with Crippen LogP contribution in [0.3, 0.4) is 0 Å². The predicted octanol–water partition coefficient (Wildman–Crippen LogP) is -0.695. The van der Waals surface area contributed by atoms with E-state index in [1.165, 1.54) is 0 Å². The van der Waals surface area contributed by atoms with Crippen LogP contribution in [-0.4, -0.2) is 74.7 Å². The van der Waals surface area contributed by atoms with Gasteiger partial charge in [-0.25, -0.2) is 0 Å². The number of rotatable bonds is 4. The van der Waals surface area contributed by atoms with Crippen molar-refractivity contribution in [1.29, 1.82) is 0 Å². The molecule has 0 saturated carbocycles. The first kappa shape index (κ1) is 12.5. The molecule has 2 heterocycles. The molecule has 2 aliphatic heterocycles. The Hall–Kier alpha value is -0.910. The van der Waals surface area contributed by atoms with Crippen molar-refractivity contribution in [2.75, 3.05) is 53.0 Å². The first-order valence-corrected chi connectivity index (χ1v) is 6.22. The normalized spacial score (nSPS) is 25.1. The Labute approximate surface area is 102 Å². The summed E-state index contributed by atoms with van der Waals surface area (Å²) < 4.78 is 5.29. The van der Waals surface area contributed by atoms with Crippen LogP contribution >= 0.6 is 0 Å². The Balaban J connectivity index is 1.70. The van der Waals surface area contributed by atoms with E-state index in [4.69, 9.17) is 4.74 Å². The molecule has 2 rings (SSSR count). The number of likely N-dealkylation sites (N-methyl/N-ethyl adjacent to an activating group) is 1. The van der Waals surface area contributed by atoms with Crippen LogP contribution in [-0.2, 0) is 9.53 Å². The molecule has 0 aromatic carbocycles. The average molecular weight is 239 g/mol. The number of morpholine rings is 1. The van der Waals surface area contributed by atoms with Crippen LogP contribution in [0.1, 0.15) is 0 Å². The van der Waals surface area contributed by atoms with Gasteiger partial charge in [0.15, 0.2) is 0 Å². The van der Waals surface area contributed by atoms with Crippen LogP contribution in [0.25, 0.3) is 0 Å². The van der Waals surface area contributed by atoms with Crippen molar-refractivity contribution in [1.82, 2.24) is 15.1 Å². The zero-order chi connectivity index (χ0) is 12.1. The van der Waals surface area contributed by atoms with E-state index in [1.54, 1.807) is 0 Å². The van der Waals surface area contributed by atoms with Crippen LogP contribution < -0.4 is 5.32 Å². The van der Waals surface area contributed by atoms with Crippen molar-refractivity contribution in [2.24, 2.45) is 0 Å². The lowest BCUT2D eigenvalue weighted by Crippen LogP contribution is -2.46. The van der Waals surface area contributed by atoms with Crippen LogP contribution in [0, 0.1) is 0 Å². The minimum Gasteiger partial charge on any atom is -0.379 e. The molecule has 1 amide bonds. The van der Waals surface area contributed by atoms with Crippen molar-refractivity contribution < 1.29 is 9.53 Å². The number of hydrogen-bond donors (Lipinski definition) is 1. The van der Waals surface area contributed by atoms with E-state index >= 15 is 0 Å². The summed E-state index contributed by atoms with van der Waals surface area (Å²) in [5.74, 6) is 0.159. The largest absolute Gasteiger partial charge is 0.379 e. The van der Waals surface area contributed by atoms with Gasteiger partial charge in [-0.2, -0.15) is 0 Å². The monoisotopic (exact) mass is 239 g/mol. The fraction of sp³-hybridized carbons (Fsp3) is 0.750. The van der Waals surface area contributed by atoms with E-state index < -0.39 is 0 Å². The van der Waals surface area contributed by atoms with Crippen LogP contribution in [0.15, 0.2) is 12.2 Å². The Morgan fingerprint density at radius 2 is 2.29 bits per heavy atom. The maximum Gasteiger partial charge on any atom is 0.243 e. The van der Waals surface area contributed by atoms with Crippen molar-refractivity contribution in [3.05, 3.63) is 12.2 Å².